The highest BCUT2D eigenvalue weighted by Gasteiger charge is 2.09. The van der Waals surface area contributed by atoms with Gasteiger partial charge < -0.3 is 5.32 Å². The number of halogens is 1. The lowest BCUT2D eigenvalue weighted by atomic mass is 9.97. The molecule has 0 saturated carbocycles. The quantitative estimate of drug-likeness (QED) is 0.787. The van der Waals surface area contributed by atoms with Crippen molar-refractivity contribution < 1.29 is 4.39 Å². The molecule has 0 atom stereocenters. The lowest BCUT2D eigenvalue weighted by Crippen LogP contribution is -2.14. The van der Waals surface area contributed by atoms with Gasteiger partial charge in [0.25, 0.3) is 0 Å². The summed E-state index contributed by atoms with van der Waals surface area (Å²) in [5.41, 5.74) is 3.96. The van der Waals surface area contributed by atoms with E-state index < -0.39 is 0 Å². The van der Waals surface area contributed by atoms with Crippen molar-refractivity contribution in [1.82, 2.24) is 5.32 Å². The first-order valence-electron chi connectivity index (χ1n) is 6.77. The van der Waals surface area contributed by atoms with Crippen LogP contribution in [0.25, 0.3) is 11.1 Å². The third-order valence-corrected chi connectivity index (χ3v) is 3.17. The second-order valence-corrected chi connectivity index (χ2v) is 4.82. The number of benzene rings is 2. The normalized spacial score (nSPS) is 10.7. The van der Waals surface area contributed by atoms with E-state index in [4.69, 9.17) is 0 Å². The van der Waals surface area contributed by atoms with E-state index in [1.54, 1.807) is 6.07 Å². The van der Waals surface area contributed by atoms with Crippen LogP contribution in [0.1, 0.15) is 24.5 Å². The molecule has 0 aromatic heterocycles. The van der Waals surface area contributed by atoms with Crippen LogP contribution >= 0.6 is 0 Å². The van der Waals surface area contributed by atoms with E-state index in [1.165, 1.54) is 6.07 Å². The number of hydrogen-bond acceptors (Lipinski definition) is 1. The van der Waals surface area contributed by atoms with Crippen molar-refractivity contribution in [2.24, 2.45) is 0 Å². The molecule has 0 spiro atoms. The number of rotatable bonds is 5. The average Bonchev–Trinajstić information content (AvgIpc) is 2.41. The SMILES string of the molecule is CCCNCc1ccc(C)cc1-c1ccccc1F. The standard InChI is InChI=1S/C17H20FN/c1-3-10-19-12-14-9-8-13(2)11-16(14)15-6-4-5-7-17(15)18/h4-9,11,19H,3,10,12H2,1-2H3. The molecule has 1 nitrogen and oxygen atoms in total. The molecular weight excluding hydrogens is 237 g/mol. The van der Waals surface area contributed by atoms with Crippen LogP contribution in [0.5, 0.6) is 0 Å². The topological polar surface area (TPSA) is 12.0 Å². The Bertz CT molecular complexity index is 549. The second-order valence-electron chi connectivity index (χ2n) is 4.82. The summed E-state index contributed by atoms with van der Waals surface area (Å²) in [6.07, 6.45) is 1.10. The first-order valence-corrected chi connectivity index (χ1v) is 6.77. The van der Waals surface area contributed by atoms with E-state index >= 15 is 0 Å². The Morgan fingerprint density at radius 1 is 1.05 bits per heavy atom. The van der Waals surface area contributed by atoms with Gasteiger partial charge in [-0.3, -0.25) is 0 Å². The molecule has 0 bridgehead atoms. The van der Waals surface area contributed by atoms with Gasteiger partial charge in [-0.05, 0) is 37.1 Å². The van der Waals surface area contributed by atoms with E-state index in [0.29, 0.717) is 5.56 Å². The fourth-order valence-corrected chi connectivity index (χ4v) is 2.17. The summed E-state index contributed by atoms with van der Waals surface area (Å²) in [6, 6.07) is 13.2. The fourth-order valence-electron chi connectivity index (χ4n) is 2.17. The van der Waals surface area contributed by atoms with Crippen LogP contribution in [0.4, 0.5) is 4.39 Å². The van der Waals surface area contributed by atoms with Gasteiger partial charge in [0.1, 0.15) is 5.82 Å². The van der Waals surface area contributed by atoms with Crippen molar-refractivity contribution in [2.45, 2.75) is 26.8 Å². The predicted octanol–water partition coefficient (Wildman–Crippen LogP) is 4.30. The van der Waals surface area contributed by atoms with Crippen LogP contribution < -0.4 is 5.32 Å². The van der Waals surface area contributed by atoms with Crippen LogP contribution in [0.2, 0.25) is 0 Å². The van der Waals surface area contributed by atoms with E-state index in [0.717, 1.165) is 36.2 Å². The Kier molecular flexibility index (Phi) is 4.69. The lowest BCUT2D eigenvalue weighted by molar-refractivity contribution is 0.630. The molecule has 0 fully saturated rings. The minimum atomic E-state index is -0.162. The van der Waals surface area contributed by atoms with Gasteiger partial charge in [-0.1, -0.05) is 48.9 Å². The van der Waals surface area contributed by atoms with Crippen molar-refractivity contribution in [3.8, 4) is 11.1 Å². The van der Waals surface area contributed by atoms with Gasteiger partial charge in [0.05, 0.1) is 0 Å². The Hall–Kier alpha value is -1.67. The van der Waals surface area contributed by atoms with E-state index in [9.17, 15) is 4.39 Å². The lowest BCUT2D eigenvalue weighted by Gasteiger charge is -2.12. The van der Waals surface area contributed by atoms with E-state index in [-0.39, 0.29) is 5.82 Å². The molecule has 2 aromatic rings. The number of hydrogen-bond donors (Lipinski definition) is 1. The monoisotopic (exact) mass is 257 g/mol. The number of aryl methyl sites for hydroxylation is 1. The molecule has 0 aliphatic heterocycles. The number of nitrogens with one attached hydrogen (secondary N) is 1. The average molecular weight is 257 g/mol. The molecular formula is C17H20FN. The summed E-state index contributed by atoms with van der Waals surface area (Å²) in [6.45, 7) is 5.93. The van der Waals surface area contributed by atoms with Crippen molar-refractivity contribution in [3.05, 3.63) is 59.4 Å². The maximum Gasteiger partial charge on any atom is 0.131 e. The zero-order valence-electron chi connectivity index (χ0n) is 11.5. The molecule has 0 aliphatic rings. The van der Waals surface area contributed by atoms with Gasteiger partial charge in [-0.25, -0.2) is 4.39 Å². The minimum Gasteiger partial charge on any atom is -0.313 e. The van der Waals surface area contributed by atoms with Gasteiger partial charge in [-0.2, -0.15) is 0 Å². The summed E-state index contributed by atoms with van der Waals surface area (Å²) in [4.78, 5) is 0. The molecule has 2 rings (SSSR count). The summed E-state index contributed by atoms with van der Waals surface area (Å²) >= 11 is 0. The van der Waals surface area contributed by atoms with Gasteiger partial charge in [-0.15, -0.1) is 0 Å². The maximum absolute atomic E-state index is 14.0. The van der Waals surface area contributed by atoms with Gasteiger partial charge in [0.15, 0.2) is 0 Å². The van der Waals surface area contributed by atoms with Crippen molar-refractivity contribution in [3.63, 3.8) is 0 Å². The largest absolute Gasteiger partial charge is 0.313 e. The molecule has 0 radical (unpaired) electrons. The third-order valence-electron chi connectivity index (χ3n) is 3.17. The minimum absolute atomic E-state index is 0.162. The predicted molar refractivity (Wildman–Crippen MR) is 78.6 cm³/mol. The van der Waals surface area contributed by atoms with Crippen LogP contribution in [0.3, 0.4) is 0 Å². The summed E-state index contributed by atoms with van der Waals surface area (Å²) in [7, 11) is 0. The smallest absolute Gasteiger partial charge is 0.131 e. The maximum atomic E-state index is 14.0. The molecule has 1 N–H and O–H groups in total. The van der Waals surface area contributed by atoms with Crippen molar-refractivity contribution >= 4 is 0 Å². The molecule has 0 heterocycles. The Balaban J connectivity index is 2.37. The molecule has 0 aliphatic carbocycles. The Morgan fingerprint density at radius 2 is 1.84 bits per heavy atom. The van der Waals surface area contributed by atoms with E-state index in [1.807, 2.05) is 19.1 Å². The Morgan fingerprint density at radius 3 is 2.58 bits per heavy atom. The fraction of sp³-hybridized carbons (Fsp3) is 0.294. The highest BCUT2D eigenvalue weighted by Crippen LogP contribution is 2.27. The molecule has 19 heavy (non-hydrogen) atoms. The second kappa shape index (κ2) is 6.48. The van der Waals surface area contributed by atoms with Crippen molar-refractivity contribution in [1.29, 1.82) is 0 Å². The van der Waals surface area contributed by atoms with Gasteiger partial charge >= 0.3 is 0 Å². The van der Waals surface area contributed by atoms with Crippen molar-refractivity contribution in [2.75, 3.05) is 6.54 Å². The summed E-state index contributed by atoms with van der Waals surface area (Å²) < 4.78 is 14.0. The molecule has 0 unspecified atom stereocenters. The zero-order valence-corrected chi connectivity index (χ0v) is 11.5. The third kappa shape index (κ3) is 3.42. The van der Waals surface area contributed by atoms with Crippen LogP contribution in [0, 0.1) is 12.7 Å². The Labute approximate surface area is 114 Å². The molecule has 100 valence electrons. The zero-order chi connectivity index (χ0) is 13.7. The molecule has 0 amide bonds. The summed E-state index contributed by atoms with van der Waals surface area (Å²) in [5.74, 6) is -0.162. The van der Waals surface area contributed by atoms with Gasteiger partial charge in [0, 0.05) is 12.1 Å². The first kappa shape index (κ1) is 13.8. The van der Waals surface area contributed by atoms with E-state index in [2.05, 4.69) is 30.4 Å². The first-order chi connectivity index (χ1) is 9.22. The van der Waals surface area contributed by atoms with Crippen LogP contribution in [0.15, 0.2) is 42.5 Å². The molecule has 2 aromatic carbocycles. The summed E-state index contributed by atoms with van der Waals surface area (Å²) in [5, 5.41) is 3.38. The van der Waals surface area contributed by atoms with Crippen LogP contribution in [-0.2, 0) is 6.54 Å². The van der Waals surface area contributed by atoms with Crippen LogP contribution in [-0.4, -0.2) is 6.54 Å². The molecule has 2 heteroatoms. The van der Waals surface area contributed by atoms with Gasteiger partial charge in [0.2, 0.25) is 0 Å². The highest BCUT2D eigenvalue weighted by molar-refractivity contribution is 5.68. The molecule has 0 saturated heterocycles. The highest BCUT2D eigenvalue weighted by atomic mass is 19.1.